The van der Waals surface area contributed by atoms with Gasteiger partial charge in [-0.1, -0.05) is 11.8 Å². The van der Waals surface area contributed by atoms with E-state index in [4.69, 9.17) is 12.8 Å². The van der Waals surface area contributed by atoms with Crippen LogP contribution in [0.3, 0.4) is 0 Å². The third kappa shape index (κ3) is 1.31. The molecule has 3 saturated carbocycles. The Morgan fingerprint density at radius 2 is 1.29 bits per heavy atom. The Balaban J connectivity index is 2.18. The molecular formula is C14H14. The molecular weight excluding hydrogens is 168 g/mol. The molecule has 0 amide bonds. The van der Waals surface area contributed by atoms with Gasteiger partial charge in [-0.15, -0.1) is 12.8 Å². The van der Waals surface area contributed by atoms with E-state index in [-0.39, 0.29) is 10.8 Å². The second kappa shape index (κ2) is 3.12. The lowest BCUT2D eigenvalue weighted by Gasteiger charge is -2.48. The first kappa shape index (κ1) is 9.24. The largest absolute Gasteiger partial charge is 0.120 e. The highest BCUT2D eigenvalue weighted by molar-refractivity contribution is 5.29. The molecule has 70 valence electrons. The van der Waals surface area contributed by atoms with Crippen molar-refractivity contribution in [1.29, 1.82) is 0 Å². The maximum absolute atomic E-state index is 5.60. The molecule has 0 heterocycles. The fourth-order valence-corrected chi connectivity index (χ4v) is 2.76. The Morgan fingerprint density at radius 1 is 0.786 bits per heavy atom. The second-order valence-electron chi connectivity index (χ2n) is 4.60. The summed E-state index contributed by atoms with van der Waals surface area (Å²) in [5.74, 6) is 11.5. The Bertz CT molecular complexity index is 350. The number of rotatable bonds is 0. The maximum Gasteiger partial charge on any atom is 0.0326 e. The van der Waals surface area contributed by atoms with Gasteiger partial charge in [0, 0.05) is 10.8 Å². The van der Waals surface area contributed by atoms with Gasteiger partial charge in [0.15, 0.2) is 0 Å². The van der Waals surface area contributed by atoms with Crippen molar-refractivity contribution in [3.05, 3.63) is 0 Å². The van der Waals surface area contributed by atoms with Crippen LogP contribution in [0.5, 0.6) is 0 Å². The van der Waals surface area contributed by atoms with Gasteiger partial charge in [-0.2, -0.15) is 0 Å². The molecule has 0 radical (unpaired) electrons. The van der Waals surface area contributed by atoms with Crippen LogP contribution in [-0.4, -0.2) is 0 Å². The van der Waals surface area contributed by atoms with Crippen LogP contribution in [0.1, 0.15) is 38.5 Å². The zero-order chi connectivity index (χ0) is 10.1. The van der Waals surface area contributed by atoms with E-state index < -0.39 is 0 Å². The smallest absolute Gasteiger partial charge is 0.0326 e. The monoisotopic (exact) mass is 182 g/mol. The average Bonchev–Trinajstić information content (AvgIpc) is 2.29. The first-order valence-electron chi connectivity index (χ1n) is 5.20. The summed E-state index contributed by atoms with van der Waals surface area (Å²) in [6, 6.07) is 0. The van der Waals surface area contributed by atoms with Crippen molar-refractivity contribution < 1.29 is 0 Å². The molecule has 3 aliphatic rings. The summed E-state index contributed by atoms with van der Waals surface area (Å²) in [5.41, 5.74) is 0.421. The predicted molar refractivity (Wildman–Crippen MR) is 58.0 cm³/mol. The van der Waals surface area contributed by atoms with Crippen LogP contribution >= 0.6 is 0 Å². The zero-order valence-corrected chi connectivity index (χ0v) is 8.40. The molecule has 0 heteroatoms. The van der Waals surface area contributed by atoms with Crippen molar-refractivity contribution >= 4 is 0 Å². The minimum atomic E-state index is 0.208. The van der Waals surface area contributed by atoms with Gasteiger partial charge < -0.3 is 0 Å². The van der Waals surface area contributed by atoms with E-state index in [9.17, 15) is 0 Å². The fourth-order valence-electron chi connectivity index (χ4n) is 2.76. The van der Waals surface area contributed by atoms with E-state index in [0.29, 0.717) is 0 Å². The molecule has 0 aromatic rings. The third-order valence-electron chi connectivity index (χ3n) is 3.95. The van der Waals surface area contributed by atoms with Gasteiger partial charge in [0.25, 0.3) is 0 Å². The molecule has 2 bridgehead atoms. The SMILES string of the molecule is C#CC#CC12CCC(C#C)(CC1)CC2. The number of hydrogen-bond donors (Lipinski definition) is 0. The van der Waals surface area contributed by atoms with Crippen molar-refractivity contribution in [2.24, 2.45) is 10.8 Å². The van der Waals surface area contributed by atoms with Crippen molar-refractivity contribution in [3.63, 3.8) is 0 Å². The molecule has 0 unspecified atom stereocenters. The van der Waals surface area contributed by atoms with E-state index in [0.717, 1.165) is 38.5 Å². The maximum atomic E-state index is 5.60. The normalized spacial score (nSPS) is 39.0. The molecule has 0 spiro atoms. The highest BCUT2D eigenvalue weighted by atomic mass is 14.5. The minimum Gasteiger partial charge on any atom is -0.120 e. The Hall–Kier alpha value is -1.32. The van der Waals surface area contributed by atoms with Crippen LogP contribution in [0.15, 0.2) is 0 Å². The summed E-state index contributed by atoms with van der Waals surface area (Å²) in [5, 5.41) is 0. The minimum absolute atomic E-state index is 0.208. The van der Waals surface area contributed by atoms with Gasteiger partial charge in [-0.05, 0) is 50.4 Å². The lowest BCUT2D eigenvalue weighted by atomic mass is 9.54. The van der Waals surface area contributed by atoms with Crippen LogP contribution < -0.4 is 0 Å². The number of fused-ring (bicyclic) bond motifs is 3. The number of hydrogen-bond acceptors (Lipinski definition) is 0. The summed E-state index contributed by atoms with van der Waals surface area (Å²) < 4.78 is 0. The Morgan fingerprint density at radius 3 is 1.71 bits per heavy atom. The van der Waals surface area contributed by atoms with Crippen molar-refractivity contribution in [2.75, 3.05) is 0 Å². The highest BCUT2D eigenvalue weighted by Gasteiger charge is 2.46. The third-order valence-corrected chi connectivity index (χ3v) is 3.95. The lowest BCUT2D eigenvalue weighted by Crippen LogP contribution is -2.39. The fraction of sp³-hybridized carbons (Fsp3) is 0.571. The van der Waals surface area contributed by atoms with Gasteiger partial charge in [-0.3, -0.25) is 0 Å². The van der Waals surface area contributed by atoms with E-state index >= 15 is 0 Å². The van der Waals surface area contributed by atoms with Crippen LogP contribution in [0.2, 0.25) is 0 Å². The van der Waals surface area contributed by atoms with Crippen molar-refractivity contribution in [2.45, 2.75) is 38.5 Å². The molecule has 3 fully saturated rings. The first-order valence-corrected chi connectivity index (χ1v) is 5.20. The molecule has 0 nitrogen and oxygen atoms in total. The molecule has 0 aromatic heterocycles. The average molecular weight is 182 g/mol. The topological polar surface area (TPSA) is 0 Å². The summed E-state index contributed by atoms with van der Waals surface area (Å²) in [6.45, 7) is 0. The van der Waals surface area contributed by atoms with Crippen LogP contribution in [0.4, 0.5) is 0 Å². The van der Waals surface area contributed by atoms with Gasteiger partial charge in [0.2, 0.25) is 0 Å². The van der Waals surface area contributed by atoms with Gasteiger partial charge in [-0.25, -0.2) is 0 Å². The standard InChI is InChI=1S/C14H14/c1-3-5-6-14-10-7-13(4-2,8-11-14)9-12-14/h1-2H,7-12H2. The zero-order valence-electron chi connectivity index (χ0n) is 8.40. The lowest BCUT2D eigenvalue weighted by molar-refractivity contribution is 0.0719. The molecule has 0 atom stereocenters. The number of terminal acetylenes is 2. The van der Waals surface area contributed by atoms with E-state index in [2.05, 4.69) is 23.7 Å². The molecule has 14 heavy (non-hydrogen) atoms. The second-order valence-corrected chi connectivity index (χ2v) is 4.60. The van der Waals surface area contributed by atoms with Crippen LogP contribution in [0, 0.1) is 47.4 Å². The van der Waals surface area contributed by atoms with E-state index in [1.807, 2.05) is 0 Å². The van der Waals surface area contributed by atoms with E-state index in [1.54, 1.807) is 0 Å². The molecule has 0 aromatic carbocycles. The Kier molecular flexibility index (Phi) is 2.06. The quantitative estimate of drug-likeness (QED) is 0.505. The molecule has 3 rings (SSSR count). The molecule has 0 saturated heterocycles. The van der Waals surface area contributed by atoms with Gasteiger partial charge in [0.05, 0.1) is 0 Å². The van der Waals surface area contributed by atoms with Crippen LogP contribution in [-0.2, 0) is 0 Å². The molecule has 3 aliphatic carbocycles. The van der Waals surface area contributed by atoms with Crippen molar-refractivity contribution in [3.8, 4) is 36.5 Å². The van der Waals surface area contributed by atoms with E-state index in [1.165, 1.54) is 0 Å². The summed E-state index contributed by atoms with van der Waals surface area (Å²) in [6.07, 6.45) is 17.6. The summed E-state index contributed by atoms with van der Waals surface area (Å²) >= 11 is 0. The molecule has 0 aliphatic heterocycles. The Labute approximate surface area is 86.5 Å². The van der Waals surface area contributed by atoms with Gasteiger partial charge >= 0.3 is 0 Å². The predicted octanol–water partition coefficient (Wildman–Crippen LogP) is 2.60. The van der Waals surface area contributed by atoms with Gasteiger partial charge in [0.1, 0.15) is 0 Å². The summed E-state index contributed by atoms with van der Waals surface area (Å²) in [7, 11) is 0. The highest BCUT2D eigenvalue weighted by Crippen LogP contribution is 2.56. The molecule has 0 N–H and O–H groups in total. The first-order chi connectivity index (χ1) is 6.74. The van der Waals surface area contributed by atoms with Crippen LogP contribution in [0.25, 0.3) is 0 Å². The summed E-state index contributed by atoms with van der Waals surface area (Å²) in [4.78, 5) is 0. The van der Waals surface area contributed by atoms with Crippen molar-refractivity contribution in [1.82, 2.24) is 0 Å².